The Morgan fingerprint density at radius 3 is 2.85 bits per heavy atom. The molecule has 0 aromatic heterocycles. The molecule has 0 amide bonds. The van der Waals surface area contributed by atoms with Gasteiger partial charge in [0.1, 0.15) is 11.5 Å². The quantitative estimate of drug-likeness (QED) is 0.772. The molecule has 3 heteroatoms. The molecule has 0 bridgehead atoms. The molecule has 1 unspecified atom stereocenters. The molecule has 1 aliphatic carbocycles. The van der Waals surface area contributed by atoms with Gasteiger partial charge < -0.3 is 9.64 Å². The summed E-state index contributed by atoms with van der Waals surface area (Å²) in [5.41, 5.74) is 1.18. The molecule has 1 aromatic carbocycles. The maximum Gasteiger partial charge on any atom is 0.137 e. The van der Waals surface area contributed by atoms with Gasteiger partial charge in [-0.1, -0.05) is 31.0 Å². The van der Waals surface area contributed by atoms with Crippen molar-refractivity contribution >= 4 is 5.78 Å². The summed E-state index contributed by atoms with van der Waals surface area (Å²) < 4.78 is 5.38. The Morgan fingerprint density at radius 1 is 1.25 bits per heavy atom. The summed E-state index contributed by atoms with van der Waals surface area (Å²) >= 11 is 0. The molecule has 0 aliphatic heterocycles. The van der Waals surface area contributed by atoms with Crippen molar-refractivity contribution in [1.29, 1.82) is 0 Å². The number of hydrogen-bond acceptors (Lipinski definition) is 3. The largest absolute Gasteiger partial charge is 0.496 e. The average molecular weight is 275 g/mol. The number of ketones is 1. The molecular weight excluding hydrogens is 250 g/mol. The summed E-state index contributed by atoms with van der Waals surface area (Å²) in [5.74, 6) is 1.60. The zero-order valence-corrected chi connectivity index (χ0v) is 12.6. The maximum absolute atomic E-state index is 12.1. The van der Waals surface area contributed by atoms with Gasteiger partial charge in [0.15, 0.2) is 0 Å². The third-order valence-electron chi connectivity index (χ3n) is 4.10. The lowest BCUT2D eigenvalue weighted by molar-refractivity contribution is -0.123. The van der Waals surface area contributed by atoms with Crippen LogP contribution in [-0.4, -0.2) is 31.4 Å². The Balaban J connectivity index is 1.94. The zero-order chi connectivity index (χ0) is 14.4. The molecule has 1 aliphatic rings. The highest BCUT2D eigenvalue weighted by atomic mass is 16.5. The van der Waals surface area contributed by atoms with Crippen LogP contribution < -0.4 is 4.74 Å². The number of carbonyl (C=O) groups excluding carboxylic acids is 1. The Hall–Kier alpha value is -1.35. The summed E-state index contributed by atoms with van der Waals surface area (Å²) in [6.45, 7) is 1.69. The minimum Gasteiger partial charge on any atom is -0.496 e. The van der Waals surface area contributed by atoms with Crippen molar-refractivity contribution in [1.82, 2.24) is 4.90 Å². The predicted molar refractivity (Wildman–Crippen MR) is 80.9 cm³/mol. The van der Waals surface area contributed by atoms with E-state index in [4.69, 9.17) is 4.74 Å². The summed E-state index contributed by atoms with van der Waals surface area (Å²) in [4.78, 5) is 14.3. The second-order valence-electron chi connectivity index (χ2n) is 5.77. The third-order valence-corrected chi connectivity index (χ3v) is 4.10. The number of nitrogens with zero attached hydrogens (tertiary/aromatic N) is 1. The molecule has 0 heterocycles. The first kappa shape index (κ1) is 15.0. The monoisotopic (exact) mass is 275 g/mol. The van der Waals surface area contributed by atoms with Gasteiger partial charge >= 0.3 is 0 Å². The smallest absolute Gasteiger partial charge is 0.137 e. The number of para-hydroxylation sites is 1. The van der Waals surface area contributed by atoms with Crippen LogP contribution in [0.1, 0.15) is 37.7 Å². The number of hydrogen-bond donors (Lipinski definition) is 0. The van der Waals surface area contributed by atoms with Crippen LogP contribution in [0, 0.1) is 5.92 Å². The lowest BCUT2D eigenvalue weighted by Gasteiger charge is -2.23. The van der Waals surface area contributed by atoms with Gasteiger partial charge in [-0.2, -0.15) is 0 Å². The lowest BCUT2D eigenvalue weighted by Crippen LogP contribution is -2.29. The summed E-state index contributed by atoms with van der Waals surface area (Å²) in [6.07, 6.45) is 5.30. The van der Waals surface area contributed by atoms with E-state index in [1.165, 1.54) is 18.4 Å². The molecular formula is C17H25NO2. The van der Waals surface area contributed by atoms with Crippen LogP contribution in [0.5, 0.6) is 5.75 Å². The van der Waals surface area contributed by atoms with Gasteiger partial charge in [0.25, 0.3) is 0 Å². The number of ether oxygens (including phenoxy) is 1. The molecule has 2 rings (SSSR count). The normalized spacial score (nSPS) is 19.9. The number of carbonyl (C=O) groups is 1. The van der Waals surface area contributed by atoms with Gasteiger partial charge in [0.2, 0.25) is 0 Å². The molecule has 3 nitrogen and oxygen atoms in total. The van der Waals surface area contributed by atoms with Crippen LogP contribution in [0.2, 0.25) is 0 Å². The number of rotatable bonds is 5. The van der Waals surface area contributed by atoms with E-state index in [0.717, 1.165) is 38.1 Å². The highest BCUT2D eigenvalue weighted by molar-refractivity contribution is 5.81. The van der Waals surface area contributed by atoms with Gasteiger partial charge in [-0.3, -0.25) is 4.79 Å². The minimum atomic E-state index is 0.220. The van der Waals surface area contributed by atoms with Crippen LogP contribution in [0.3, 0.4) is 0 Å². The van der Waals surface area contributed by atoms with Gasteiger partial charge in [-0.25, -0.2) is 0 Å². The van der Waals surface area contributed by atoms with E-state index < -0.39 is 0 Å². The fourth-order valence-corrected chi connectivity index (χ4v) is 2.99. The number of methoxy groups -OCH3 is 1. The average Bonchev–Trinajstić information content (AvgIpc) is 2.65. The summed E-state index contributed by atoms with van der Waals surface area (Å²) in [5, 5.41) is 0. The molecule has 1 aromatic rings. The number of Topliss-reactive ketones (excluding diaryl/α,β-unsaturated/α-hetero) is 1. The highest BCUT2D eigenvalue weighted by Crippen LogP contribution is 2.23. The number of benzene rings is 1. The lowest BCUT2D eigenvalue weighted by atomic mass is 9.98. The van der Waals surface area contributed by atoms with Crippen LogP contribution in [0.15, 0.2) is 24.3 Å². The Morgan fingerprint density at radius 2 is 2.05 bits per heavy atom. The van der Waals surface area contributed by atoms with Crippen molar-refractivity contribution in [3.8, 4) is 5.75 Å². The minimum absolute atomic E-state index is 0.220. The summed E-state index contributed by atoms with van der Waals surface area (Å²) in [6, 6.07) is 8.09. The Labute approximate surface area is 121 Å². The van der Waals surface area contributed by atoms with E-state index >= 15 is 0 Å². The standard InChI is InChI=1S/C17H25NO2/c1-18(12-14-8-4-3-5-10-16(14)19)13-15-9-6-7-11-17(15)20-2/h6-7,9,11,14H,3-5,8,10,12-13H2,1-2H3. The first-order chi connectivity index (χ1) is 9.70. The van der Waals surface area contributed by atoms with Gasteiger partial charge in [-0.05, 0) is 26.0 Å². The zero-order valence-electron chi connectivity index (χ0n) is 12.6. The topological polar surface area (TPSA) is 29.5 Å². The third kappa shape index (κ3) is 4.07. The van der Waals surface area contributed by atoms with E-state index in [9.17, 15) is 4.79 Å². The van der Waals surface area contributed by atoms with E-state index in [1.54, 1.807) is 7.11 Å². The Kier molecular flexibility index (Phi) is 5.60. The second-order valence-corrected chi connectivity index (χ2v) is 5.77. The van der Waals surface area contributed by atoms with Crippen LogP contribution in [-0.2, 0) is 11.3 Å². The van der Waals surface area contributed by atoms with Crippen LogP contribution >= 0.6 is 0 Å². The summed E-state index contributed by atoms with van der Waals surface area (Å²) in [7, 11) is 3.79. The van der Waals surface area contributed by atoms with Crippen molar-refractivity contribution in [3.63, 3.8) is 0 Å². The van der Waals surface area contributed by atoms with Gasteiger partial charge in [0.05, 0.1) is 7.11 Å². The Bertz CT molecular complexity index is 444. The van der Waals surface area contributed by atoms with E-state index in [2.05, 4.69) is 18.0 Å². The van der Waals surface area contributed by atoms with Gasteiger partial charge in [-0.15, -0.1) is 0 Å². The maximum atomic E-state index is 12.1. The molecule has 0 saturated heterocycles. The molecule has 110 valence electrons. The first-order valence-electron chi connectivity index (χ1n) is 7.54. The van der Waals surface area contributed by atoms with Crippen molar-refractivity contribution in [3.05, 3.63) is 29.8 Å². The van der Waals surface area contributed by atoms with Crippen molar-refractivity contribution in [2.75, 3.05) is 20.7 Å². The van der Waals surface area contributed by atoms with Crippen LogP contribution in [0.25, 0.3) is 0 Å². The molecule has 0 spiro atoms. The molecule has 1 fully saturated rings. The predicted octanol–water partition coefficient (Wildman–Crippen LogP) is 3.28. The molecule has 20 heavy (non-hydrogen) atoms. The van der Waals surface area contributed by atoms with E-state index in [0.29, 0.717) is 5.78 Å². The van der Waals surface area contributed by atoms with Crippen LogP contribution in [0.4, 0.5) is 0 Å². The second kappa shape index (κ2) is 7.44. The van der Waals surface area contributed by atoms with Crippen molar-refractivity contribution < 1.29 is 9.53 Å². The molecule has 0 radical (unpaired) electrons. The van der Waals surface area contributed by atoms with Crippen molar-refractivity contribution in [2.45, 2.75) is 38.6 Å². The van der Waals surface area contributed by atoms with E-state index in [-0.39, 0.29) is 5.92 Å². The molecule has 1 atom stereocenters. The SMILES string of the molecule is COc1ccccc1CN(C)CC1CCCCCC1=O. The fraction of sp³-hybridized carbons (Fsp3) is 0.588. The van der Waals surface area contributed by atoms with E-state index in [1.807, 2.05) is 18.2 Å². The fourth-order valence-electron chi connectivity index (χ4n) is 2.99. The first-order valence-corrected chi connectivity index (χ1v) is 7.54. The van der Waals surface area contributed by atoms with Gasteiger partial charge in [0, 0.05) is 31.0 Å². The van der Waals surface area contributed by atoms with Crippen molar-refractivity contribution in [2.24, 2.45) is 5.92 Å². The highest BCUT2D eigenvalue weighted by Gasteiger charge is 2.22. The molecule has 0 N–H and O–H groups in total. The molecule has 1 saturated carbocycles.